The number of hydrogen-bond acceptors (Lipinski definition) is 1. The van der Waals surface area contributed by atoms with Gasteiger partial charge in [0.1, 0.15) is 0 Å². The first-order chi connectivity index (χ1) is 8.08. The summed E-state index contributed by atoms with van der Waals surface area (Å²) in [5.41, 5.74) is 1.91. The lowest BCUT2D eigenvalue weighted by Crippen LogP contribution is -2.22. The molecule has 0 saturated heterocycles. The highest BCUT2D eigenvalue weighted by Crippen LogP contribution is 2.34. The maximum absolute atomic E-state index is 11.9. The lowest BCUT2D eigenvalue weighted by molar-refractivity contribution is 0.104. The fourth-order valence-corrected chi connectivity index (χ4v) is 2.44. The van der Waals surface area contributed by atoms with Crippen molar-refractivity contribution < 1.29 is 4.79 Å². The topological polar surface area (TPSA) is 17.1 Å². The zero-order chi connectivity index (χ0) is 12.0. The molecule has 0 radical (unpaired) electrons. The largest absolute Gasteiger partial charge is 0.289 e. The predicted molar refractivity (Wildman–Crippen MR) is 70.4 cm³/mol. The molecular formula is C16H14O. The van der Waals surface area contributed by atoms with Crippen LogP contribution in [-0.2, 0) is 5.41 Å². The average Bonchev–Trinajstić information content (AvgIpc) is 2.33. The summed E-state index contributed by atoms with van der Waals surface area (Å²) >= 11 is 0. The number of hydrogen-bond donors (Lipinski definition) is 0. The van der Waals surface area contributed by atoms with E-state index in [1.807, 2.05) is 30.3 Å². The number of fused-ring (bicyclic) bond motifs is 2. The standard InChI is InChI=1S/C16H14O/c1-16(2)8-7-15(17)13-9-11-5-3-4-6-12(11)10-14(13)16/h3-10H,1-2H3. The van der Waals surface area contributed by atoms with E-state index in [0.717, 1.165) is 16.5 Å². The third-order valence-corrected chi connectivity index (χ3v) is 3.50. The SMILES string of the molecule is CC1(C)C=CC(=O)c2cc3ccccc3cc21. The molecule has 2 aromatic carbocycles. The molecular weight excluding hydrogens is 208 g/mol. The molecule has 0 amide bonds. The summed E-state index contributed by atoms with van der Waals surface area (Å²) in [7, 11) is 0. The Bertz CT molecular complexity index is 648. The molecule has 0 heterocycles. The van der Waals surface area contributed by atoms with E-state index in [1.54, 1.807) is 6.08 Å². The molecule has 2 aromatic rings. The third kappa shape index (κ3) is 1.50. The highest BCUT2D eigenvalue weighted by molar-refractivity contribution is 6.09. The molecule has 84 valence electrons. The maximum atomic E-state index is 11.9. The molecule has 0 atom stereocenters. The Morgan fingerprint density at radius 1 is 1.00 bits per heavy atom. The molecule has 1 heteroatoms. The number of carbonyl (C=O) groups excluding carboxylic acids is 1. The van der Waals surface area contributed by atoms with Gasteiger partial charge in [-0.2, -0.15) is 0 Å². The van der Waals surface area contributed by atoms with Crippen LogP contribution in [0, 0.1) is 0 Å². The quantitative estimate of drug-likeness (QED) is 0.661. The van der Waals surface area contributed by atoms with Crippen molar-refractivity contribution in [3.8, 4) is 0 Å². The zero-order valence-corrected chi connectivity index (χ0v) is 10.0. The van der Waals surface area contributed by atoms with Crippen molar-refractivity contribution in [1.29, 1.82) is 0 Å². The van der Waals surface area contributed by atoms with Crippen molar-refractivity contribution in [2.24, 2.45) is 0 Å². The van der Waals surface area contributed by atoms with Gasteiger partial charge in [0.15, 0.2) is 5.78 Å². The summed E-state index contributed by atoms with van der Waals surface area (Å²) < 4.78 is 0. The zero-order valence-electron chi connectivity index (χ0n) is 10.0. The normalized spacial score (nSPS) is 17.2. The second-order valence-corrected chi connectivity index (χ2v) is 5.16. The first-order valence-corrected chi connectivity index (χ1v) is 5.85. The highest BCUT2D eigenvalue weighted by atomic mass is 16.1. The van der Waals surface area contributed by atoms with Gasteiger partial charge in [0, 0.05) is 11.0 Å². The molecule has 1 nitrogen and oxygen atoms in total. The van der Waals surface area contributed by atoms with Gasteiger partial charge in [-0.1, -0.05) is 44.2 Å². The smallest absolute Gasteiger partial charge is 0.185 e. The van der Waals surface area contributed by atoms with Gasteiger partial charge >= 0.3 is 0 Å². The fraction of sp³-hybridized carbons (Fsp3) is 0.188. The Balaban J connectivity index is 2.39. The molecule has 3 rings (SSSR count). The molecule has 0 spiro atoms. The van der Waals surface area contributed by atoms with E-state index in [-0.39, 0.29) is 11.2 Å². The van der Waals surface area contributed by atoms with Gasteiger partial charge in [0.25, 0.3) is 0 Å². The maximum Gasteiger partial charge on any atom is 0.185 e. The van der Waals surface area contributed by atoms with Crippen LogP contribution in [0.5, 0.6) is 0 Å². The molecule has 1 aliphatic carbocycles. The van der Waals surface area contributed by atoms with Gasteiger partial charge in [-0.15, -0.1) is 0 Å². The molecule has 0 fully saturated rings. The minimum atomic E-state index is -0.0622. The van der Waals surface area contributed by atoms with Crippen molar-refractivity contribution in [2.45, 2.75) is 19.3 Å². The van der Waals surface area contributed by atoms with Crippen LogP contribution in [0.3, 0.4) is 0 Å². The Labute approximate surface area is 101 Å². The molecule has 0 aliphatic heterocycles. The van der Waals surface area contributed by atoms with Gasteiger partial charge in [-0.05, 0) is 34.5 Å². The summed E-state index contributed by atoms with van der Waals surface area (Å²) in [5, 5.41) is 2.33. The van der Waals surface area contributed by atoms with Gasteiger partial charge in [-0.3, -0.25) is 4.79 Å². The van der Waals surface area contributed by atoms with E-state index in [0.29, 0.717) is 0 Å². The van der Waals surface area contributed by atoms with E-state index in [2.05, 4.69) is 26.0 Å². The first-order valence-electron chi connectivity index (χ1n) is 5.85. The van der Waals surface area contributed by atoms with Gasteiger partial charge in [0.2, 0.25) is 0 Å². The molecule has 0 unspecified atom stereocenters. The van der Waals surface area contributed by atoms with Crippen LogP contribution in [-0.4, -0.2) is 5.78 Å². The predicted octanol–water partition coefficient (Wildman–Crippen LogP) is 3.87. The minimum absolute atomic E-state index is 0.0622. The molecule has 0 aromatic heterocycles. The number of ketones is 1. The number of rotatable bonds is 0. The van der Waals surface area contributed by atoms with Crippen LogP contribution in [0.25, 0.3) is 10.8 Å². The lowest BCUT2D eigenvalue weighted by Gasteiger charge is -2.27. The van der Waals surface area contributed by atoms with Crippen LogP contribution in [0.4, 0.5) is 0 Å². The van der Waals surface area contributed by atoms with Crippen molar-refractivity contribution in [3.05, 3.63) is 59.7 Å². The van der Waals surface area contributed by atoms with E-state index in [1.165, 1.54) is 5.39 Å². The molecule has 17 heavy (non-hydrogen) atoms. The Hall–Kier alpha value is -1.89. The van der Waals surface area contributed by atoms with E-state index in [9.17, 15) is 4.79 Å². The Morgan fingerprint density at radius 3 is 2.35 bits per heavy atom. The van der Waals surface area contributed by atoms with Gasteiger partial charge in [-0.25, -0.2) is 0 Å². The fourth-order valence-electron chi connectivity index (χ4n) is 2.44. The highest BCUT2D eigenvalue weighted by Gasteiger charge is 2.27. The second kappa shape index (κ2) is 3.30. The molecule has 1 aliphatic rings. The first kappa shape index (κ1) is 10.3. The monoisotopic (exact) mass is 222 g/mol. The van der Waals surface area contributed by atoms with Crippen LogP contribution >= 0.6 is 0 Å². The van der Waals surface area contributed by atoms with Crippen LogP contribution in [0.2, 0.25) is 0 Å². The lowest BCUT2D eigenvalue weighted by atomic mass is 9.76. The van der Waals surface area contributed by atoms with Gasteiger partial charge in [0.05, 0.1) is 0 Å². The van der Waals surface area contributed by atoms with Gasteiger partial charge < -0.3 is 0 Å². The van der Waals surface area contributed by atoms with E-state index < -0.39 is 0 Å². The average molecular weight is 222 g/mol. The van der Waals surface area contributed by atoms with Crippen molar-refractivity contribution in [1.82, 2.24) is 0 Å². The van der Waals surface area contributed by atoms with Crippen LogP contribution < -0.4 is 0 Å². The Morgan fingerprint density at radius 2 is 1.65 bits per heavy atom. The number of benzene rings is 2. The number of carbonyl (C=O) groups is 1. The van der Waals surface area contributed by atoms with Crippen LogP contribution in [0.15, 0.2) is 48.6 Å². The summed E-state index contributed by atoms with van der Waals surface area (Å²) in [6, 6.07) is 12.3. The molecule has 0 N–H and O–H groups in total. The van der Waals surface area contributed by atoms with E-state index >= 15 is 0 Å². The van der Waals surface area contributed by atoms with Crippen LogP contribution in [0.1, 0.15) is 29.8 Å². The molecule has 0 bridgehead atoms. The van der Waals surface area contributed by atoms with Crippen molar-refractivity contribution in [3.63, 3.8) is 0 Å². The minimum Gasteiger partial charge on any atom is -0.289 e. The number of allylic oxidation sites excluding steroid dienone is 2. The summed E-state index contributed by atoms with van der Waals surface area (Å²) in [5.74, 6) is 0.116. The van der Waals surface area contributed by atoms with Crippen molar-refractivity contribution >= 4 is 16.6 Å². The summed E-state index contributed by atoms with van der Waals surface area (Å²) in [4.78, 5) is 11.9. The van der Waals surface area contributed by atoms with Crippen molar-refractivity contribution in [2.75, 3.05) is 0 Å². The Kier molecular flexibility index (Phi) is 1.99. The second-order valence-electron chi connectivity index (χ2n) is 5.16. The third-order valence-electron chi connectivity index (χ3n) is 3.50. The summed E-state index contributed by atoms with van der Waals surface area (Å²) in [6.07, 6.45) is 3.68. The van der Waals surface area contributed by atoms with E-state index in [4.69, 9.17) is 0 Å². The summed E-state index contributed by atoms with van der Waals surface area (Å²) in [6.45, 7) is 4.28. The molecule has 0 saturated carbocycles.